The number of nitrogens with one attached hydrogen (secondary N) is 2. The van der Waals surface area contributed by atoms with E-state index in [9.17, 15) is 4.79 Å². The van der Waals surface area contributed by atoms with Gasteiger partial charge < -0.3 is 15.4 Å². The lowest BCUT2D eigenvalue weighted by Crippen LogP contribution is -2.18. The van der Waals surface area contributed by atoms with Gasteiger partial charge in [0.15, 0.2) is 0 Å². The van der Waals surface area contributed by atoms with Gasteiger partial charge in [-0.2, -0.15) is 4.98 Å². The lowest BCUT2D eigenvalue weighted by atomic mass is 10.3. The number of ether oxygens (including phenoxy) is 1. The summed E-state index contributed by atoms with van der Waals surface area (Å²) in [5, 5.41) is 10.0. The zero-order chi connectivity index (χ0) is 15.5. The van der Waals surface area contributed by atoms with Crippen LogP contribution in [0.15, 0.2) is 12.1 Å². The zero-order valence-electron chi connectivity index (χ0n) is 12.6. The normalized spacial score (nSPS) is 13.2. The number of rotatable bonds is 4. The maximum Gasteiger partial charge on any atom is 0.296 e. The second-order valence-corrected chi connectivity index (χ2v) is 4.93. The van der Waals surface area contributed by atoms with E-state index in [4.69, 9.17) is 4.74 Å². The van der Waals surface area contributed by atoms with Crippen LogP contribution >= 0.6 is 0 Å². The van der Waals surface area contributed by atoms with Gasteiger partial charge in [0.1, 0.15) is 11.6 Å². The van der Waals surface area contributed by atoms with Gasteiger partial charge in [0.25, 0.3) is 5.91 Å². The Morgan fingerprint density at radius 2 is 2.32 bits per heavy atom. The number of aromatic nitrogens is 4. The van der Waals surface area contributed by atoms with Crippen LogP contribution in [0.3, 0.4) is 0 Å². The van der Waals surface area contributed by atoms with Crippen molar-refractivity contribution >= 4 is 17.7 Å². The maximum atomic E-state index is 12.2. The third-order valence-corrected chi connectivity index (χ3v) is 3.28. The number of aryl methyl sites for hydroxylation is 2. The Kier molecular flexibility index (Phi) is 3.90. The smallest absolute Gasteiger partial charge is 0.296 e. The number of nitrogens with zero attached hydrogens (tertiary/aromatic N) is 4. The summed E-state index contributed by atoms with van der Waals surface area (Å²) >= 11 is 0. The minimum Gasteiger partial charge on any atom is -0.492 e. The first-order valence-electron chi connectivity index (χ1n) is 7.28. The highest BCUT2D eigenvalue weighted by atomic mass is 16.5. The minimum absolute atomic E-state index is 0.137. The maximum absolute atomic E-state index is 12.2. The van der Waals surface area contributed by atoms with E-state index in [1.165, 1.54) is 0 Å². The Hall–Kier alpha value is -2.64. The Morgan fingerprint density at radius 3 is 3.05 bits per heavy atom. The van der Waals surface area contributed by atoms with E-state index in [2.05, 4.69) is 25.7 Å². The van der Waals surface area contributed by atoms with Gasteiger partial charge in [-0.3, -0.25) is 4.79 Å². The molecule has 3 rings (SSSR count). The molecule has 2 aromatic heterocycles. The zero-order valence-corrected chi connectivity index (χ0v) is 12.6. The highest BCUT2D eigenvalue weighted by Gasteiger charge is 2.19. The van der Waals surface area contributed by atoms with E-state index in [0.717, 1.165) is 25.2 Å². The molecule has 22 heavy (non-hydrogen) atoms. The molecule has 0 aromatic carbocycles. The molecule has 0 atom stereocenters. The summed E-state index contributed by atoms with van der Waals surface area (Å²) in [5.74, 6) is 1.55. The van der Waals surface area contributed by atoms with Crippen molar-refractivity contribution in [2.75, 3.05) is 23.8 Å². The quantitative estimate of drug-likeness (QED) is 0.887. The molecule has 3 heterocycles. The van der Waals surface area contributed by atoms with Crippen molar-refractivity contribution in [3.63, 3.8) is 0 Å². The van der Waals surface area contributed by atoms with E-state index in [1.54, 1.807) is 16.8 Å². The van der Waals surface area contributed by atoms with Crippen molar-refractivity contribution in [2.45, 2.75) is 26.8 Å². The predicted octanol–water partition coefficient (Wildman–Crippen LogP) is 1.45. The van der Waals surface area contributed by atoms with Gasteiger partial charge in [-0.15, -0.1) is 5.10 Å². The van der Waals surface area contributed by atoms with Crippen LogP contribution in [0.25, 0.3) is 0 Å². The molecule has 0 bridgehead atoms. The minimum atomic E-state index is -0.375. The molecule has 8 heteroatoms. The van der Waals surface area contributed by atoms with Gasteiger partial charge in [0, 0.05) is 13.1 Å². The number of amides is 1. The summed E-state index contributed by atoms with van der Waals surface area (Å²) in [5.41, 5.74) is 0.721. The molecule has 116 valence electrons. The van der Waals surface area contributed by atoms with E-state index >= 15 is 0 Å². The van der Waals surface area contributed by atoms with Crippen LogP contribution in [0.5, 0.6) is 5.75 Å². The van der Waals surface area contributed by atoms with Crippen molar-refractivity contribution in [3.05, 3.63) is 23.7 Å². The van der Waals surface area contributed by atoms with Crippen LogP contribution in [0.1, 0.15) is 29.7 Å². The molecule has 0 spiro atoms. The molecule has 0 saturated heterocycles. The summed E-state index contributed by atoms with van der Waals surface area (Å²) in [6, 6.07) is 3.48. The molecule has 1 aliphatic heterocycles. The molecule has 2 N–H and O–H groups in total. The van der Waals surface area contributed by atoms with Crippen molar-refractivity contribution in [3.8, 4) is 5.75 Å². The number of anilines is 2. The lowest BCUT2D eigenvalue weighted by molar-refractivity contribution is 0.101. The lowest BCUT2D eigenvalue weighted by Gasteiger charge is -2.12. The van der Waals surface area contributed by atoms with Gasteiger partial charge in [-0.1, -0.05) is 0 Å². The van der Waals surface area contributed by atoms with Gasteiger partial charge in [0.2, 0.25) is 11.8 Å². The fourth-order valence-electron chi connectivity index (χ4n) is 2.25. The molecule has 0 fully saturated rings. The van der Waals surface area contributed by atoms with Crippen LogP contribution in [0.2, 0.25) is 0 Å². The largest absolute Gasteiger partial charge is 0.492 e. The summed E-state index contributed by atoms with van der Waals surface area (Å²) < 4.78 is 7.13. The molecule has 0 unspecified atom stereocenters. The van der Waals surface area contributed by atoms with Crippen LogP contribution in [-0.2, 0) is 6.54 Å². The summed E-state index contributed by atoms with van der Waals surface area (Å²) in [6.07, 6.45) is 0.969. The number of hydrogen-bond acceptors (Lipinski definition) is 6. The standard InChI is InChI=1S/C14H18N6O2/c1-3-22-10-5-6-11(16-9(10)2)17-13(21)12-18-14-15-7-4-8-20(14)19-12/h5-6H,3-4,7-8H2,1-2H3,(H,15,18,19)(H,16,17,21). The second-order valence-electron chi connectivity index (χ2n) is 4.93. The van der Waals surface area contributed by atoms with Crippen LogP contribution in [0.4, 0.5) is 11.8 Å². The Bertz CT molecular complexity index is 673. The number of carbonyl (C=O) groups excluding carboxylic acids is 1. The van der Waals surface area contributed by atoms with E-state index in [-0.39, 0.29) is 11.7 Å². The van der Waals surface area contributed by atoms with Gasteiger partial charge >= 0.3 is 0 Å². The molecule has 1 amide bonds. The highest BCUT2D eigenvalue weighted by molar-refractivity contribution is 6.01. The molecule has 8 nitrogen and oxygen atoms in total. The number of pyridine rings is 1. The highest BCUT2D eigenvalue weighted by Crippen LogP contribution is 2.18. The van der Waals surface area contributed by atoms with Crippen molar-refractivity contribution < 1.29 is 9.53 Å². The molecule has 0 aliphatic carbocycles. The topological polar surface area (TPSA) is 94.0 Å². The first-order chi connectivity index (χ1) is 10.7. The Balaban J connectivity index is 1.73. The number of fused-ring (bicyclic) bond motifs is 1. The average Bonchev–Trinajstić information content (AvgIpc) is 2.94. The van der Waals surface area contributed by atoms with Gasteiger partial charge in [0.05, 0.1) is 12.3 Å². The third-order valence-electron chi connectivity index (χ3n) is 3.28. The predicted molar refractivity (Wildman–Crippen MR) is 81.2 cm³/mol. The second kappa shape index (κ2) is 6.00. The summed E-state index contributed by atoms with van der Waals surface area (Å²) in [6.45, 7) is 5.93. The van der Waals surface area contributed by atoms with Crippen molar-refractivity contribution in [1.29, 1.82) is 0 Å². The van der Waals surface area contributed by atoms with Crippen molar-refractivity contribution in [2.24, 2.45) is 0 Å². The Labute approximate surface area is 127 Å². The fourth-order valence-corrected chi connectivity index (χ4v) is 2.25. The first kappa shape index (κ1) is 14.3. The SMILES string of the molecule is CCOc1ccc(NC(=O)c2nc3n(n2)CCCN3)nc1C. The van der Waals surface area contributed by atoms with Crippen LogP contribution < -0.4 is 15.4 Å². The number of hydrogen-bond donors (Lipinski definition) is 2. The fraction of sp³-hybridized carbons (Fsp3) is 0.429. The summed E-state index contributed by atoms with van der Waals surface area (Å²) in [4.78, 5) is 20.7. The van der Waals surface area contributed by atoms with E-state index in [0.29, 0.717) is 24.1 Å². The van der Waals surface area contributed by atoms with Crippen LogP contribution in [0, 0.1) is 6.92 Å². The van der Waals surface area contributed by atoms with Gasteiger partial charge in [-0.05, 0) is 32.4 Å². The average molecular weight is 302 g/mol. The summed E-state index contributed by atoms with van der Waals surface area (Å²) in [7, 11) is 0. The van der Waals surface area contributed by atoms with Gasteiger partial charge in [-0.25, -0.2) is 9.67 Å². The van der Waals surface area contributed by atoms with E-state index < -0.39 is 0 Å². The molecule has 2 aromatic rings. The Morgan fingerprint density at radius 1 is 1.45 bits per heavy atom. The monoisotopic (exact) mass is 302 g/mol. The molecule has 0 radical (unpaired) electrons. The third kappa shape index (κ3) is 2.85. The van der Waals surface area contributed by atoms with E-state index in [1.807, 2.05) is 13.8 Å². The van der Waals surface area contributed by atoms with Crippen LogP contribution in [-0.4, -0.2) is 38.8 Å². The number of carbonyl (C=O) groups is 1. The first-order valence-corrected chi connectivity index (χ1v) is 7.28. The molecular formula is C14H18N6O2. The molecule has 0 saturated carbocycles. The van der Waals surface area contributed by atoms with Crippen molar-refractivity contribution in [1.82, 2.24) is 19.7 Å². The molecular weight excluding hydrogens is 284 g/mol. The molecule has 1 aliphatic rings.